The van der Waals surface area contributed by atoms with Crippen molar-refractivity contribution in [2.45, 2.75) is 25.7 Å². The minimum absolute atomic E-state index is 0.233. The SMILES string of the molecule is N#Cc1ccnc(N2CCC(CC(=O)N3CCc4ccccc43)CC2)n1. The van der Waals surface area contributed by atoms with Crippen LogP contribution in [0.4, 0.5) is 11.6 Å². The van der Waals surface area contributed by atoms with Crippen molar-refractivity contribution >= 4 is 17.5 Å². The van der Waals surface area contributed by atoms with Gasteiger partial charge in [-0.15, -0.1) is 0 Å². The molecular weight excluding hydrogens is 326 g/mol. The van der Waals surface area contributed by atoms with Crippen LogP contribution in [0.2, 0.25) is 0 Å². The first-order valence-corrected chi connectivity index (χ1v) is 9.11. The van der Waals surface area contributed by atoms with Gasteiger partial charge in [0.15, 0.2) is 0 Å². The Morgan fingerprint density at radius 1 is 1.19 bits per heavy atom. The summed E-state index contributed by atoms with van der Waals surface area (Å²) < 4.78 is 0. The molecule has 1 fully saturated rings. The molecule has 0 unspecified atom stereocenters. The van der Waals surface area contributed by atoms with E-state index in [9.17, 15) is 4.79 Å². The van der Waals surface area contributed by atoms with Crippen LogP contribution in [0.15, 0.2) is 36.5 Å². The van der Waals surface area contributed by atoms with E-state index in [1.54, 1.807) is 12.3 Å². The maximum Gasteiger partial charge on any atom is 0.227 e. The van der Waals surface area contributed by atoms with E-state index in [1.807, 2.05) is 23.1 Å². The summed E-state index contributed by atoms with van der Waals surface area (Å²) in [6, 6.07) is 11.9. The third-order valence-corrected chi connectivity index (χ3v) is 5.31. The summed E-state index contributed by atoms with van der Waals surface area (Å²) >= 11 is 0. The number of carbonyl (C=O) groups is 1. The smallest absolute Gasteiger partial charge is 0.227 e. The molecule has 132 valence electrons. The molecule has 1 aromatic heterocycles. The van der Waals surface area contributed by atoms with E-state index in [1.165, 1.54) is 5.56 Å². The van der Waals surface area contributed by atoms with Gasteiger partial charge in [0.05, 0.1) is 0 Å². The second-order valence-corrected chi connectivity index (χ2v) is 6.91. The normalized spacial score (nSPS) is 17.0. The van der Waals surface area contributed by atoms with Gasteiger partial charge in [0.25, 0.3) is 0 Å². The van der Waals surface area contributed by atoms with Crippen molar-refractivity contribution in [3.05, 3.63) is 47.8 Å². The van der Waals surface area contributed by atoms with Gasteiger partial charge in [-0.3, -0.25) is 4.79 Å². The summed E-state index contributed by atoms with van der Waals surface area (Å²) in [7, 11) is 0. The number of benzene rings is 1. The third-order valence-electron chi connectivity index (χ3n) is 5.31. The van der Waals surface area contributed by atoms with E-state index in [0.29, 0.717) is 24.0 Å². The quantitative estimate of drug-likeness (QED) is 0.853. The van der Waals surface area contributed by atoms with Crippen LogP contribution in [0.25, 0.3) is 0 Å². The molecule has 0 spiro atoms. The molecular formula is C20H21N5O. The Balaban J connectivity index is 1.34. The molecule has 1 saturated heterocycles. The van der Waals surface area contributed by atoms with Crippen molar-refractivity contribution < 1.29 is 4.79 Å². The zero-order valence-electron chi connectivity index (χ0n) is 14.6. The molecule has 2 aromatic rings. The molecule has 0 N–H and O–H groups in total. The number of hydrogen-bond acceptors (Lipinski definition) is 5. The van der Waals surface area contributed by atoms with Gasteiger partial charge in [0.2, 0.25) is 11.9 Å². The average molecular weight is 347 g/mol. The van der Waals surface area contributed by atoms with Crippen LogP contribution >= 0.6 is 0 Å². The molecule has 0 radical (unpaired) electrons. The number of nitriles is 1. The number of aromatic nitrogens is 2. The molecule has 3 heterocycles. The predicted molar refractivity (Wildman–Crippen MR) is 98.8 cm³/mol. The Labute approximate surface area is 153 Å². The first-order valence-electron chi connectivity index (χ1n) is 9.11. The van der Waals surface area contributed by atoms with Crippen LogP contribution in [0, 0.1) is 17.2 Å². The lowest BCUT2D eigenvalue weighted by Crippen LogP contribution is -2.37. The Bertz CT molecular complexity index is 851. The van der Waals surface area contributed by atoms with Crippen LogP contribution in [-0.4, -0.2) is 35.5 Å². The topological polar surface area (TPSA) is 73.1 Å². The number of para-hydroxylation sites is 1. The summed E-state index contributed by atoms with van der Waals surface area (Å²) in [5.74, 6) is 1.24. The van der Waals surface area contributed by atoms with E-state index in [0.717, 1.165) is 44.6 Å². The van der Waals surface area contributed by atoms with E-state index >= 15 is 0 Å². The fraction of sp³-hybridized carbons (Fsp3) is 0.400. The number of rotatable bonds is 3. The maximum atomic E-state index is 12.8. The summed E-state index contributed by atoms with van der Waals surface area (Å²) in [6.07, 6.45) is 5.07. The molecule has 0 atom stereocenters. The molecule has 2 aliphatic rings. The Kier molecular flexibility index (Phi) is 4.53. The summed E-state index contributed by atoms with van der Waals surface area (Å²) in [4.78, 5) is 25.4. The second kappa shape index (κ2) is 7.12. The van der Waals surface area contributed by atoms with Crippen molar-refractivity contribution in [1.82, 2.24) is 9.97 Å². The Hall–Kier alpha value is -2.94. The van der Waals surface area contributed by atoms with Gasteiger partial charge in [-0.1, -0.05) is 18.2 Å². The fourth-order valence-electron chi connectivity index (χ4n) is 3.85. The van der Waals surface area contributed by atoms with Crippen molar-refractivity contribution in [2.24, 2.45) is 5.92 Å². The molecule has 6 heteroatoms. The van der Waals surface area contributed by atoms with Gasteiger partial charge in [0, 0.05) is 37.9 Å². The largest absolute Gasteiger partial charge is 0.341 e. The highest BCUT2D eigenvalue weighted by molar-refractivity contribution is 5.95. The lowest BCUT2D eigenvalue weighted by Gasteiger charge is -2.32. The first kappa shape index (κ1) is 16.5. The van der Waals surface area contributed by atoms with Crippen molar-refractivity contribution in [1.29, 1.82) is 5.26 Å². The molecule has 4 rings (SSSR count). The molecule has 2 aliphatic heterocycles. The zero-order chi connectivity index (χ0) is 17.9. The van der Waals surface area contributed by atoms with Crippen LogP contribution < -0.4 is 9.80 Å². The van der Waals surface area contributed by atoms with Crippen LogP contribution in [0.5, 0.6) is 0 Å². The van der Waals surface area contributed by atoms with E-state index in [-0.39, 0.29) is 5.91 Å². The fourth-order valence-corrected chi connectivity index (χ4v) is 3.85. The summed E-state index contributed by atoms with van der Waals surface area (Å²) in [6.45, 7) is 2.44. The molecule has 6 nitrogen and oxygen atoms in total. The number of carbonyl (C=O) groups excluding carboxylic acids is 1. The minimum Gasteiger partial charge on any atom is -0.341 e. The Morgan fingerprint density at radius 3 is 2.81 bits per heavy atom. The number of amides is 1. The second-order valence-electron chi connectivity index (χ2n) is 6.91. The van der Waals surface area contributed by atoms with Crippen molar-refractivity contribution in [2.75, 3.05) is 29.4 Å². The molecule has 1 amide bonds. The molecule has 26 heavy (non-hydrogen) atoms. The number of hydrogen-bond donors (Lipinski definition) is 0. The first-order chi connectivity index (χ1) is 12.7. The maximum absolute atomic E-state index is 12.8. The number of anilines is 2. The number of fused-ring (bicyclic) bond motifs is 1. The molecule has 0 aliphatic carbocycles. The van der Waals surface area contributed by atoms with Crippen LogP contribution in [-0.2, 0) is 11.2 Å². The minimum atomic E-state index is 0.233. The lowest BCUT2D eigenvalue weighted by atomic mass is 9.93. The van der Waals surface area contributed by atoms with Gasteiger partial charge >= 0.3 is 0 Å². The number of nitrogens with zero attached hydrogens (tertiary/aromatic N) is 5. The molecule has 1 aromatic carbocycles. The highest BCUT2D eigenvalue weighted by atomic mass is 16.2. The highest BCUT2D eigenvalue weighted by Crippen LogP contribution is 2.30. The average Bonchev–Trinajstić information content (AvgIpc) is 3.13. The third kappa shape index (κ3) is 3.25. The lowest BCUT2D eigenvalue weighted by molar-refractivity contribution is -0.119. The van der Waals surface area contributed by atoms with Gasteiger partial charge < -0.3 is 9.80 Å². The standard InChI is InChI=1S/C20H21N5O/c21-14-17-5-9-22-20(23-17)24-10-6-15(7-11-24)13-19(26)25-12-8-16-3-1-2-4-18(16)25/h1-5,9,15H,6-8,10-13H2. The van der Waals surface area contributed by atoms with Crippen molar-refractivity contribution in [3.8, 4) is 6.07 Å². The Morgan fingerprint density at radius 2 is 2.00 bits per heavy atom. The number of piperidine rings is 1. The van der Waals surface area contributed by atoms with Crippen molar-refractivity contribution in [3.63, 3.8) is 0 Å². The van der Waals surface area contributed by atoms with Gasteiger partial charge in [-0.2, -0.15) is 5.26 Å². The highest BCUT2D eigenvalue weighted by Gasteiger charge is 2.28. The molecule has 0 bridgehead atoms. The van der Waals surface area contributed by atoms with E-state index in [4.69, 9.17) is 5.26 Å². The summed E-state index contributed by atoms with van der Waals surface area (Å²) in [5.41, 5.74) is 2.74. The predicted octanol–water partition coefficient (Wildman–Crippen LogP) is 2.54. The van der Waals surface area contributed by atoms with Gasteiger partial charge in [0.1, 0.15) is 11.8 Å². The van der Waals surface area contributed by atoms with Crippen LogP contribution in [0.3, 0.4) is 0 Å². The van der Waals surface area contributed by atoms with Gasteiger partial charge in [-0.05, 0) is 42.9 Å². The van der Waals surface area contributed by atoms with E-state index < -0.39 is 0 Å². The van der Waals surface area contributed by atoms with E-state index in [2.05, 4.69) is 27.0 Å². The molecule has 0 saturated carbocycles. The van der Waals surface area contributed by atoms with Crippen LogP contribution in [0.1, 0.15) is 30.5 Å². The summed E-state index contributed by atoms with van der Waals surface area (Å²) in [5, 5.41) is 8.97. The van der Waals surface area contributed by atoms with Gasteiger partial charge in [-0.25, -0.2) is 9.97 Å². The zero-order valence-corrected chi connectivity index (χ0v) is 14.6. The monoisotopic (exact) mass is 347 g/mol.